The third-order valence-electron chi connectivity index (χ3n) is 5.01. The van der Waals surface area contributed by atoms with Gasteiger partial charge < -0.3 is 5.32 Å². The van der Waals surface area contributed by atoms with E-state index in [9.17, 15) is 13.2 Å². The lowest BCUT2D eigenvalue weighted by Crippen LogP contribution is -2.30. The molecule has 162 valence electrons. The Hall–Kier alpha value is -2.83. The first kappa shape index (κ1) is 22.8. The van der Waals surface area contributed by atoms with Crippen molar-refractivity contribution in [2.45, 2.75) is 19.9 Å². The molecule has 1 N–H and O–H groups in total. The van der Waals surface area contributed by atoms with E-state index in [1.807, 2.05) is 55.5 Å². The van der Waals surface area contributed by atoms with Crippen LogP contribution in [0.15, 0.2) is 72.8 Å². The molecule has 0 unspecified atom stereocenters. The van der Waals surface area contributed by atoms with Gasteiger partial charge in [-0.15, -0.1) is 0 Å². The molecule has 31 heavy (non-hydrogen) atoms. The highest BCUT2D eigenvalue weighted by Gasteiger charge is 2.19. The molecular weight excluding hydrogens is 432 g/mol. The van der Waals surface area contributed by atoms with Crippen LogP contribution < -0.4 is 9.62 Å². The molecule has 0 fully saturated rings. The third kappa shape index (κ3) is 6.32. The summed E-state index contributed by atoms with van der Waals surface area (Å²) in [5.74, 6) is -0.203. The average molecular weight is 457 g/mol. The Morgan fingerprint density at radius 3 is 2.23 bits per heavy atom. The molecule has 0 heterocycles. The van der Waals surface area contributed by atoms with Crippen molar-refractivity contribution >= 4 is 33.2 Å². The summed E-state index contributed by atoms with van der Waals surface area (Å²) >= 11 is 5.88. The molecule has 0 saturated carbocycles. The highest BCUT2D eigenvalue weighted by Crippen LogP contribution is 2.22. The van der Waals surface area contributed by atoms with E-state index in [-0.39, 0.29) is 12.5 Å². The van der Waals surface area contributed by atoms with Crippen LogP contribution >= 0.6 is 11.6 Å². The number of hydrogen-bond acceptors (Lipinski definition) is 3. The molecule has 0 bridgehead atoms. The summed E-state index contributed by atoms with van der Waals surface area (Å²) in [5.41, 5.74) is 4.03. The van der Waals surface area contributed by atoms with Gasteiger partial charge in [0.15, 0.2) is 0 Å². The third-order valence-corrected chi connectivity index (χ3v) is 6.40. The Labute approximate surface area is 188 Å². The van der Waals surface area contributed by atoms with Crippen molar-refractivity contribution in [3.63, 3.8) is 0 Å². The summed E-state index contributed by atoms with van der Waals surface area (Å²) in [6.07, 6.45) is 1.88. The van der Waals surface area contributed by atoms with Crippen molar-refractivity contribution in [2.75, 3.05) is 17.1 Å². The number of rotatable bonds is 8. The highest BCUT2D eigenvalue weighted by atomic mass is 35.5. The molecule has 0 radical (unpaired) electrons. The molecule has 3 rings (SSSR count). The van der Waals surface area contributed by atoms with Crippen molar-refractivity contribution in [1.82, 2.24) is 5.32 Å². The quantitative estimate of drug-likeness (QED) is 0.539. The van der Waals surface area contributed by atoms with Crippen molar-refractivity contribution < 1.29 is 13.2 Å². The van der Waals surface area contributed by atoms with Crippen LogP contribution in [-0.2, 0) is 23.0 Å². The minimum Gasteiger partial charge on any atom is -0.352 e. The maximum atomic E-state index is 12.4. The summed E-state index contributed by atoms with van der Waals surface area (Å²) < 4.78 is 26.1. The summed E-state index contributed by atoms with van der Waals surface area (Å²) in [6.45, 7) is 2.68. The van der Waals surface area contributed by atoms with Crippen LogP contribution in [0.4, 0.5) is 5.69 Å². The van der Waals surface area contributed by atoms with Crippen molar-refractivity contribution in [1.29, 1.82) is 0 Å². The maximum absolute atomic E-state index is 12.4. The monoisotopic (exact) mass is 456 g/mol. The van der Waals surface area contributed by atoms with E-state index in [4.69, 9.17) is 11.6 Å². The second-order valence-electron chi connectivity index (χ2n) is 7.38. The number of anilines is 1. The Bertz CT molecular complexity index is 1140. The second-order valence-corrected chi connectivity index (χ2v) is 9.72. The molecule has 0 aliphatic rings. The van der Waals surface area contributed by atoms with E-state index in [1.165, 1.54) is 10.6 Å². The standard InChI is InChI=1S/C24H25ClN2O3S/c1-18-5-3-4-6-21(18)17-27(31(2,29)30)23-13-9-20(10-14-23)24(28)26-16-15-19-7-11-22(25)12-8-19/h3-14H,15-17H2,1-2H3,(H,26,28). The van der Waals surface area contributed by atoms with E-state index >= 15 is 0 Å². The van der Waals surface area contributed by atoms with Crippen molar-refractivity contribution in [3.05, 3.63) is 100 Å². The van der Waals surface area contributed by atoms with E-state index in [2.05, 4.69) is 5.32 Å². The van der Waals surface area contributed by atoms with Gasteiger partial charge in [-0.1, -0.05) is 48.0 Å². The van der Waals surface area contributed by atoms with Crippen LogP contribution in [-0.4, -0.2) is 27.1 Å². The van der Waals surface area contributed by atoms with Crippen LogP contribution in [0.3, 0.4) is 0 Å². The van der Waals surface area contributed by atoms with Crippen LogP contribution in [0, 0.1) is 6.92 Å². The van der Waals surface area contributed by atoms with Gasteiger partial charge in [0.25, 0.3) is 5.91 Å². The summed E-state index contributed by atoms with van der Waals surface area (Å²) in [4.78, 5) is 12.4. The first-order valence-corrected chi connectivity index (χ1v) is 12.1. The predicted molar refractivity (Wildman–Crippen MR) is 126 cm³/mol. The molecule has 0 aromatic heterocycles. The zero-order chi connectivity index (χ0) is 22.4. The number of benzene rings is 3. The van der Waals surface area contributed by atoms with E-state index in [0.29, 0.717) is 29.2 Å². The van der Waals surface area contributed by atoms with Gasteiger partial charge in [0.1, 0.15) is 0 Å². The van der Waals surface area contributed by atoms with Gasteiger partial charge in [-0.2, -0.15) is 0 Å². The minimum absolute atomic E-state index is 0.203. The molecular formula is C24H25ClN2O3S. The summed E-state index contributed by atoms with van der Waals surface area (Å²) in [7, 11) is -3.49. The van der Waals surface area contributed by atoms with Gasteiger partial charge in [-0.3, -0.25) is 9.10 Å². The number of carbonyl (C=O) groups is 1. The largest absolute Gasteiger partial charge is 0.352 e. The first-order valence-electron chi connectivity index (χ1n) is 9.89. The molecule has 0 saturated heterocycles. The van der Waals surface area contributed by atoms with E-state index in [1.54, 1.807) is 24.3 Å². The maximum Gasteiger partial charge on any atom is 0.251 e. The molecule has 0 spiro atoms. The first-order chi connectivity index (χ1) is 14.7. The van der Waals surface area contributed by atoms with Crippen LogP contribution in [0.1, 0.15) is 27.0 Å². The normalized spacial score (nSPS) is 11.2. The van der Waals surface area contributed by atoms with Crippen LogP contribution in [0.25, 0.3) is 0 Å². The molecule has 1 amide bonds. The van der Waals surface area contributed by atoms with E-state index in [0.717, 1.165) is 16.7 Å². The number of carbonyl (C=O) groups excluding carboxylic acids is 1. The number of halogens is 1. The van der Waals surface area contributed by atoms with Gasteiger partial charge in [0.05, 0.1) is 18.5 Å². The fourth-order valence-corrected chi connectivity index (χ4v) is 4.20. The second kappa shape index (κ2) is 9.98. The minimum atomic E-state index is -3.49. The lowest BCUT2D eigenvalue weighted by molar-refractivity contribution is 0.0954. The number of nitrogens with zero attached hydrogens (tertiary/aromatic N) is 1. The Morgan fingerprint density at radius 1 is 0.968 bits per heavy atom. The van der Waals surface area contributed by atoms with Crippen molar-refractivity contribution in [2.24, 2.45) is 0 Å². The molecule has 0 aliphatic carbocycles. The number of aryl methyl sites for hydroxylation is 1. The number of nitrogens with one attached hydrogen (secondary N) is 1. The van der Waals surface area contributed by atoms with Gasteiger partial charge in [-0.05, 0) is 66.4 Å². The average Bonchev–Trinajstić information content (AvgIpc) is 2.74. The van der Waals surface area contributed by atoms with Gasteiger partial charge >= 0.3 is 0 Å². The van der Waals surface area contributed by atoms with Gasteiger partial charge in [0, 0.05) is 17.1 Å². The Kier molecular flexibility index (Phi) is 7.36. The fraction of sp³-hybridized carbons (Fsp3) is 0.208. The lowest BCUT2D eigenvalue weighted by Gasteiger charge is -2.23. The molecule has 0 aliphatic heterocycles. The molecule has 5 nitrogen and oxygen atoms in total. The number of sulfonamides is 1. The predicted octanol–water partition coefficient (Wildman–Crippen LogP) is 4.59. The molecule has 3 aromatic carbocycles. The van der Waals surface area contributed by atoms with Gasteiger partial charge in [0.2, 0.25) is 10.0 Å². The Morgan fingerprint density at radius 2 is 1.61 bits per heavy atom. The number of amides is 1. The zero-order valence-corrected chi connectivity index (χ0v) is 19.1. The van der Waals surface area contributed by atoms with Crippen molar-refractivity contribution in [3.8, 4) is 0 Å². The molecule has 3 aromatic rings. The van der Waals surface area contributed by atoms with E-state index < -0.39 is 10.0 Å². The molecule has 0 atom stereocenters. The zero-order valence-electron chi connectivity index (χ0n) is 17.5. The van der Waals surface area contributed by atoms with Gasteiger partial charge in [-0.25, -0.2) is 8.42 Å². The van der Waals surface area contributed by atoms with Crippen LogP contribution in [0.5, 0.6) is 0 Å². The smallest absolute Gasteiger partial charge is 0.251 e. The summed E-state index contributed by atoms with van der Waals surface area (Å²) in [5, 5.41) is 3.56. The fourth-order valence-electron chi connectivity index (χ4n) is 3.19. The summed E-state index contributed by atoms with van der Waals surface area (Å²) in [6, 6.07) is 21.8. The topological polar surface area (TPSA) is 66.5 Å². The lowest BCUT2D eigenvalue weighted by atomic mass is 10.1. The number of hydrogen-bond donors (Lipinski definition) is 1. The van der Waals surface area contributed by atoms with Crippen LogP contribution in [0.2, 0.25) is 5.02 Å². The molecule has 7 heteroatoms. The SMILES string of the molecule is Cc1ccccc1CN(c1ccc(C(=O)NCCc2ccc(Cl)cc2)cc1)S(C)(=O)=O. The highest BCUT2D eigenvalue weighted by molar-refractivity contribution is 7.92. The Balaban J connectivity index is 1.67.